The molecule has 3 aromatic rings. The standard InChI is InChI=1S/C29H34ClN3O6S/c1-6-31-29(35)21(3)32(18-22-8-7-9-24(16-22)38-4)28(34)19-33(23-12-15-27(39-5)26(30)17-23)40(36,37)25-13-10-20(2)11-14-25/h7-17,21H,6,18-19H2,1-5H3,(H,31,35)/t21-/m1/s1. The Bertz CT molecular complexity index is 1450. The van der Waals surface area contributed by atoms with Gasteiger partial charge in [0.1, 0.15) is 24.1 Å². The fourth-order valence-electron chi connectivity index (χ4n) is 4.05. The molecule has 0 spiro atoms. The van der Waals surface area contributed by atoms with Crippen molar-refractivity contribution in [3.63, 3.8) is 0 Å². The zero-order valence-corrected chi connectivity index (χ0v) is 24.8. The molecule has 0 radical (unpaired) electrons. The molecule has 1 N–H and O–H groups in total. The Morgan fingerprint density at radius 3 is 2.30 bits per heavy atom. The quantitative estimate of drug-likeness (QED) is 0.336. The van der Waals surface area contributed by atoms with Crippen LogP contribution < -0.4 is 19.1 Å². The van der Waals surface area contributed by atoms with Gasteiger partial charge in [-0.05, 0) is 68.8 Å². The molecule has 0 unspecified atom stereocenters. The molecule has 1 atom stereocenters. The maximum absolute atomic E-state index is 13.9. The number of ether oxygens (including phenoxy) is 2. The van der Waals surface area contributed by atoms with E-state index in [0.717, 1.165) is 9.87 Å². The van der Waals surface area contributed by atoms with Gasteiger partial charge >= 0.3 is 0 Å². The molecule has 0 heterocycles. The molecule has 3 rings (SSSR count). The summed E-state index contributed by atoms with van der Waals surface area (Å²) in [4.78, 5) is 28.1. The Balaban J connectivity index is 2.07. The van der Waals surface area contributed by atoms with Crippen molar-refractivity contribution in [3.05, 3.63) is 82.9 Å². The van der Waals surface area contributed by atoms with Crippen LogP contribution in [0.2, 0.25) is 5.02 Å². The average molecular weight is 588 g/mol. The van der Waals surface area contributed by atoms with Crippen molar-refractivity contribution >= 4 is 39.1 Å². The summed E-state index contributed by atoms with van der Waals surface area (Å²) in [7, 11) is -1.23. The number of rotatable bonds is 12. The first-order valence-electron chi connectivity index (χ1n) is 12.6. The number of hydrogen-bond donors (Lipinski definition) is 1. The molecular weight excluding hydrogens is 554 g/mol. The van der Waals surface area contributed by atoms with Crippen LogP contribution in [0.4, 0.5) is 5.69 Å². The van der Waals surface area contributed by atoms with Gasteiger partial charge in [0.2, 0.25) is 11.8 Å². The van der Waals surface area contributed by atoms with Crippen LogP contribution in [0.15, 0.2) is 71.6 Å². The number of halogens is 1. The van der Waals surface area contributed by atoms with Crippen LogP contribution in [0.5, 0.6) is 11.5 Å². The van der Waals surface area contributed by atoms with Gasteiger partial charge in [-0.2, -0.15) is 0 Å². The highest BCUT2D eigenvalue weighted by Gasteiger charge is 2.32. The lowest BCUT2D eigenvalue weighted by molar-refractivity contribution is -0.139. The summed E-state index contributed by atoms with van der Waals surface area (Å²) in [5.74, 6) is 0.00401. The normalized spacial score (nSPS) is 11.8. The highest BCUT2D eigenvalue weighted by molar-refractivity contribution is 7.92. The monoisotopic (exact) mass is 587 g/mol. The van der Waals surface area contributed by atoms with Crippen molar-refractivity contribution < 1.29 is 27.5 Å². The third kappa shape index (κ3) is 7.25. The molecule has 0 aliphatic heterocycles. The first-order chi connectivity index (χ1) is 19.0. The van der Waals surface area contributed by atoms with E-state index in [1.54, 1.807) is 50.2 Å². The number of carbonyl (C=O) groups excluding carboxylic acids is 2. The van der Waals surface area contributed by atoms with Crippen molar-refractivity contribution in [3.8, 4) is 11.5 Å². The molecule has 2 amide bonds. The maximum Gasteiger partial charge on any atom is 0.264 e. The third-order valence-electron chi connectivity index (χ3n) is 6.32. The predicted molar refractivity (Wildman–Crippen MR) is 155 cm³/mol. The highest BCUT2D eigenvalue weighted by atomic mass is 35.5. The van der Waals surface area contributed by atoms with Gasteiger partial charge in [0.15, 0.2) is 0 Å². The van der Waals surface area contributed by atoms with Gasteiger partial charge in [-0.1, -0.05) is 41.4 Å². The van der Waals surface area contributed by atoms with E-state index in [0.29, 0.717) is 23.6 Å². The van der Waals surface area contributed by atoms with Gasteiger partial charge in [0.05, 0.1) is 29.8 Å². The zero-order valence-electron chi connectivity index (χ0n) is 23.2. The first kappa shape index (κ1) is 30.8. The van der Waals surface area contributed by atoms with Gasteiger partial charge < -0.3 is 19.7 Å². The minimum Gasteiger partial charge on any atom is -0.497 e. The van der Waals surface area contributed by atoms with E-state index in [1.165, 1.54) is 49.5 Å². The Morgan fingerprint density at radius 1 is 1.00 bits per heavy atom. The summed E-state index contributed by atoms with van der Waals surface area (Å²) in [6.07, 6.45) is 0. The number of likely N-dealkylation sites (N-methyl/N-ethyl adjacent to an activating group) is 1. The third-order valence-corrected chi connectivity index (χ3v) is 8.40. The van der Waals surface area contributed by atoms with Crippen molar-refractivity contribution in [2.75, 3.05) is 31.6 Å². The molecule has 0 fully saturated rings. The number of methoxy groups -OCH3 is 2. The van der Waals surface area contributed by atoms with Gasteiger partial charge in [0.25, 0.3) is 10.0 Å². The SMILES string of the molecule is CCNC(=O)[C@@H](C)N(Cc1cccc(OC)c1)C(=O)CN(c1ccc(OC)c(Cl)c1)S(=O)(=O)c1ccc(C)cc1. The Hall–Kier alpha value is -3.76. The first-order valence-corrected chi connectivity index (χ1v) is 14.5. The van der Waals surface area contributed by atoms with Crippen LogP contribution in [-0.4, -0.2) is 58.5 Å². The van der Waals surface area contributed by atoms with Crippen LogP contribution >= 0.6 is 11.6 Å². The molecule has 214 valence electrons. The van der Waals surface area contributed by atoms with Crippen LogP contribution in [0.25, 0.3) is 0 Å². The second kappa shape index (κ2) is 13.5. The number of benzene rings is 3. The van der Waals surface area contributed by atoms with E-state index in [1.807, 2.05) is 6.92 Å². The van der Waals surface area contributed by atoms with Gasteiger partial charge in [-0.15, -0.1) is 0 Å². The number of anilines is 1. The summed E-state index contributed by atoms with van der Waals surface area (Å²) in [5.41, 5.74) is 1.77. The number of carbonyl (C=O) groups is 2. The van der Waals surface area contributed by atoms with E-state index >= 15 is 0 Å². The average Bonchev–Trinajstić information content (AvgIpc) is 2.94. The minimum absolute atomic E-state index is 0.00830. The van der Waals surface area contributed by atoms with Crippen LogP contribution in [0.1, 0.15) is 25.0 Å². The number of nitrogens with zero attached hydrogens (tertiary/aromatic N) is 2. The summed E-state index contributed by atoms with van der Waals surface area (Å²) in [6, 6.07) is 17.0. The number of hydrogen-bond acceptors (Lipinski definition) is 6. The second-order valence-electron chi connectivity index (χ2n) is 9.09. The Labute approximate surface area is 240 Å². The molecule has 0 aliphatic rings. The van der Waals surface area contributed by atoms with Gasteiger partial charge in [-0.3, -0.25) is 13.9 Å². The largest absolute Gasteiger partial charge is 0.497 e. The molecule has 0 saturated heterocycles. The molecule has 9 nitrogen and oxygen atoms in total. The van der Waals surface area contributed by atoms with Crippen LogP contribution in [0, 0.1) is 6.92 Å². The number of nitrogens with one attached hydrogen (secondary N) is 1. The topological polar surface area (TPSA) is 105 Å². The summed E-state index contributed by atoms with van der Waals surface area (Å²) >= 11 is 6.35. The number of sulfonamides is 1. The van der Waals surface area contributed by atoms with E-state index in [2.05, 4.69) is 5.32 Å². The molecular formula is C29H34ClN3O6S. The summed E-state index contributed by atoms with van der Waals surface area (Å²) in [6.45, 7) is 5.08. The molecule has 0 aliphatic carbocycles. The lowest BCUT2D eigenvalue weighted by Crippen LogP contribution is -2.51. The molecule has 11 heteroatoms. The molecule has 0 aromatic heterocycles. The van der Waals surface area contributed by atoms with Crippen molar-refractivity contribution in [2.24, 2.45) is 0 Å². The van der Waals surface area contributed by atoms with Crippen molar-refractivity contribution in [2.45, 2.75) is 38.3 Å². The lowest BCUT2D eigenvalue weighted by atomic mass is 10.1. The van der Waals surface area contributed by atoms with Crippen molar-refractivity contribution in [1.29, 1.82) is 0 Å². The Kier molecular flexibility index (Phi) is 10.4. The summed E-state index contributed by atoms with van der Waals surface area (Å²) in [5, 5.41) is 2.92. The molecule has 40 heavy (non-hydrogen) atoms. The van der Waals surface area contributed by atoms with Crippen LogP contribution in [-0.2, 0) is 26.2 Å². The van der Waals surface area contributed by atoms with Gasteiger partial charge in [0, 0.05) is 13.1 Å². The van der Waals surface area contributed by atoms with Crippen molar-refractivity contribution in [1.82, 2.24) is 10.2 Å². The lowest BCUT2D eigenvalue weighted by Gasteiger charge is -2.32. The fraction of sp³-hybridized carbons (Fsp3) is 0.310. The maximum atomic E-state index is 13.9. The zero-order chi connectivity index (χ0) is 29.4. The summed E-state index contributed by atoms with van der Waals surface area (Å²) < 4.78 is 39.3. The van der Waals surface area contributed by atoms with Crippen LogP contribution in [0.3, 0.4) is 0 Å². The van der Waals surface area contributed by atoms with E-state index in [-0.39, 0.29) is 28.1 Å². The molecule has 0 saturated carbocycles. The van der Waals surface area contributed by atoms with Gasteiger partial charge in [-0.25, -0.2) is 8.42 Å². The molecule has 0 bridgehead atoms. The fourth-order valence-corrected chi connectivity index (χ4v) is 5.71. The van der Waals surface area contributed by atoms with E-state index < -0.39 is 28.5 Å². The second-order valence-corrected chi connectivity index (χ2v) is 11.4. The number of aryl methyl sites for hydroxylation is 1. The van der Waals surface area contributed by atoms with E-state index in [4.69, 9.17) is 21.1 Å². The molecule has 3 aromatic carbocycles. The smallest absolute Gasteiger partial charge is 0.264 e. The predicted octanol–water partition coefficient (Wildman–Crippen LogP) is 4.41. The highest BCUT2D eigenvalue weighted by Crippen LogP contribution is 2.32. The number of amides is 2. The Morgan fingerprint density at radius 2 is 1.70 bits per heavy atom. The minimum atomic E-state index is -4.21. The van der Waals surface area contributed by atoms with E-state index in [9.17, 15) is 18.0 Å².